The van der Waals surface area contributed by atoms with Crippen molar-refractivity contribution in [3.63, 3.8) is 0 Å². The first-order valence-corrected chi connectivity index (χ1v) is 7.57. The minimum Gasteiger partial charge on any atom is -0.296 e. The highest BCUT2D eigenvalue weighted by Gasteiger charge is 2.17. The van der Waals surface area contributed by atoms with Crippen molar-refractivity contribution >= 4 is 32.6 Å². The highest BCUT2D eigenvalue weighted by atomic mass is 32.1. The van der Waals surface area contributed by atoms with E-state index in [1.807, 2.05) is 25.1 Å². The number of alkyl halides is 2. The smallest absolute Gasteiger partial charge is 0.280 e. The molecule has 1 N–H and O–H groups in total. The van der Waals surface area contributed by atoms with Crippen LogP contribution in [0.15, 0.2) is 24.3 Å². The van der Waals surface area contributed by atoms with Gasteiger partial charge in [-0.15, -0.1) is 0 Å². The monoisotopic (exact) mass is 334 g/mol. The molecule has 0 bridgehead atoms. The summed E-state index contributed by atoms with van der Waals surface area (Å²) in [7, 11) is 0. The fourth-order valence-corrected chi connectivity index (χ4v) is 3.06. The number of halogens is 2. The minimum absolute atomic E-state index is 0.108. The van der Waals surface area contributed by atoms with Crippen LogP contribution in [0.3, 0.4) is 0 Å². The molecule has 0 unspecified atom stereocenters. The van der Waals surface area contributed by atoms with E-state index < -0.39 is 18.0 Å². The number of aryl methyl sites for hydroxylation is 2. The average Bonchev–Trinajstić information content (AvgIpc) is 2.90. The largest absolute Gasteiger partial charge is 0.296 e. The fraction of sp³-hybridized carbons (Fsp3) is 0.200. The molecule has 0 atom stereocenters. The van der Waals surface area contributed by atoms with Crippen molar-refractivity contribution in [1.29, 1.82) is 0 Å². The summed E-state index contributed by atoms with van der Waals surface area (Å²) in [6, 6.07) is 6.73. The van der Waals surface area contributed by atoms with E-state index in [0.717, 1.165) is 21.8 Å². The van der Waals surface area contributed by atoms with Gasteiger partial charge in [-0.1, -0.05) is 23.5 Å². The molecule has 3 rings (SSSR count). The summed E-state index contributed by atoms with van der Waals surface area (Å²) in [5, 5.41) is 3.00. The molecule has 1 amide bonds. The van der Waals surface area contributed by atoms with Crippen LogP contribution >= 0.6 is 11.3 Å². The van der Waals surface area contributed by atoms with E-state index >= 15 is 0 Å². The van der Waals surface area contributed by atoms with Gasteiger partial charge in [0.05, 0.1) is 10.2 Å². The van der Waals surface area contributed by atoms with Gasteiger partial charge in [0.2, 0.25) is 0 Å². The third-order valence-corrected chi connectivity index (χ3v) is 4.09. The summed E-state index contributed by atoms with van der Waals surface area (Å²) in [4.78, 5) is 24.1. The summed E-state index contributed by atoms with van der Waals surface area (Å²) in [6.07, 6.45) is -2.76. The molecule has 0 saturated heterocycles. The number of anilines is 1. The number of rotatable bonds is 3. The second-order valence-corrected chi connectivity index (χ2v) is 5.95. The van der Waals surface area contributed by atoms with Crippen LogP contribution in [-0.2, 0) is 0 Å². The van der Waals surface area contributed by atoms with Gasteiger partial charge in [-0.2, -0.15) is 0 Å². The zero-order valence-electron chi connectivity index (χ0n) is 12.3. The molecular formula is C15H12F2N4OS. The second kappa shape index (κ2) is 5.96. The zero-order chi connectivity index (χ0) is 16.6. The molecule has 0 saturated carbocycles. The topological polar surface area (TPSA) is 67.8 Å². The normalized spacial score (nSPS) is 11.2. The van der Waals surface area contributed by atoms with Gasteiger partial charge in [0, 0.05) is 0 Å². The van der Waals surface area contributed by atoms with Crippen LogP contribution in [0.5, 0.6) is 0 Å². The summed E-state index contributed by atoms with van der Waals surface area (Å²) < 4.78 is 26.5. The van der Waals surface area contributed by atoms with E-state index in [2.05, 4.69) is 20.3 Å². The maximum Gasteiger partial charge on any atom is 0.280 e. The Balaban J connectivity index is 1.90. The molecule has 0 radical (unpaired) electrons. The summed E-state index contributed by atoms with van der Waals surface area (Å²) in [6.45, 7) is 3.39. The number of para-hydroxylation sites is 1. The summed E-state index contributed by atoms with van der Waals surface area (Å²) >= 11 is 1.31. The lowest BCUT2D eigenvalue weighted by Gasteiger charge is -2.05. The summed E-state index contributed by atoms with van der Waals surface area (Å²) in [5.74, 6) is -0.470. The molecule has 0 aliphatic rings. The molecule has 0 spiro atoms. The number of carbonyl (C=O) groups is 1. The number of aromatic nitrogens is 3. The fourth-order valence-electron chi connectivity index (χ4n) is 2.12. The molecular weight excluding hydrogens is 322 g/mol. The van der Waals surface area contributed by atoms with Gasteiger partial charge in [0.25, 0.3) is 12.3 Å². The maximum atomic E-state index is 12.8. The van der Waals surface area contributed by atoms with Gasteiger partial charge in [0.15, 0.2) is 5.13 Å². The van der Waals surface area contributed by atoms with Gasteiger partial charge in [0.1, 0.15) is 17.2 Å². The molecule has 2 heterocycles. The predicted molar refractivity (Wildman–Crippen MR) is 84.0 cm³/mol. The molecule has 2 aromatic heterocycles. The quantitative estimate of drug-likeness (QED) is 0.789. The first kappa shape index (κ1) is 15.4. The number of amides is 1. The van der Waals surface area contributed by atoms with E-state index in [0.29, 0.717) is 5.13 Å². The van der Waals surface area contributed by atoms with E-state index in [4.69, 9.17) is 0 Å². The average molecular weight is 334 g/mol. The van der Waals surface area contributed by atoms with Gasteiger partial charge in [-0.05, 0) is 31.5 Å². The highest BCUT2D eigenvalue weighted by molar-refractivity contribution is 7.22. The minimum atomic E-state index is -2.76. The SMILES string of the molecule is Cc1nc(C(=O)Nc2nc3c(C)cccc3s2)cc(C(F)F)n1. The molecule has 0 aliphatic heterocycles. The van der Waals surface area contributed by atoms with Crippen LogP contribution in [0.25, 0.3) is 10.2 Å². The Kier molecular flexibility index (Phi) is 3.99. The van der Waals surface area contributed by atoms with Crippen LogP contribution in [0.1, 0.15) is 34.0 Å². The third-order valence-electron chi connectivity index (χ3n) is 3.16. The predicted octanol–water partition coefficient (Wildman–Crippen LogP) is 3.89. The number of hydrogen-bond acceptors (Lipinski definition) is 5. The lowest BCUT2D eigenvalue weighted by Crippen LogP contribution is -2.15. The molecule has 3 aromatic rings. The van der Waals surface area contributed by atoms with Crippen molar-refractivity contribution in [2.75, 3.05) is 5.32 Å². The van der Waals surface area contributed by atoms with Crippen molar-refractivity contribution < 1.29 is 13.6 Å². The van der Waals surface area contributed by atoms with Crippen LogP contribution in [-0.4, -0.2) is 20.9 Å². The molecule has 118 valence electrons. The number of thiazole rings is 1. The van der Waals surface area contributed by atoms with Crippen molar-refractivity contribution in [2.45, 2.75) is 20.3 Å². The summed E-state index contributed by atoms with van der Waals surface area (Å²) in [5.41, 5.74) is 1.23. The third kappa shape index (κ3) is 3.16. The Bertz CT molecular complexity index is 894. The maximum absolute atomic E-state index is 12.8. The van der Waals surface area contributed by atoms with E-state index in [9.17, 15) is 13.6 Å². The Hall–Kier alpha value is -2.48. The number of benzene rings is 1. The Morgan fingerprint density at radius 3 is 2.70 bits per heavy atom. The van der Waals surface area contributed by atoms with Gasteiger partial charge in [-0.3, -0.25) is 10.1 Å². The second-order valence-electron chi connectivity index (χ2n) is 4.92. The van der Waals surface area contributed by atoms with Crippen LogP contribution in [0.2, 0.25) is 0 Å². The first-order chi connectivity index (χ1) is 10.9. The molecule has 0 aliphatic carbocycles. The van der Waals surface area contributed by atoms with E-state index in [1.54, 1.807) is 0 Å². The Morgan fingerprint density at radius 2 is 2.00 bits per heavy atom. The number of carbonyl (C=O) groups excluding carboxylic acids is 1. The number of nitrogens with one attached hydrogen (secondary N) is 1. The number of fused-ring (bicyclic) bond motifs is 1. The number of nitrogens with zero attached hydrogens (tertiary/aromatic N) is 3. The van der Waals surface area contributed by atoms with E-state index in [1.165, 1.54) is 18.3 Å². The van der Waals surface area contributed by atoms with Gasteiger partial charge >= 0.3 is 0 Å². The van der Waals surface area contributed by atoms with Crippen molar-refractivity contribution in [1.82, 2.24) is 15.0 Å². The molecule has 5 nitrogen and oxygen atoms in total. The molecule has 0 fully saturated rings. The molecule has 8 heteroatoms. The van der Waals surface area contributed by atoms with Crippen molar-refractivity contribution in [3.8, 4) is 0 Å². The lowest BCUT2D eigenvalue weighted by molar-refractivity contribution is 0.102. The first-order valence-electron chi connectivity index (χ1n) is 6.75. The highest BCUT2D eigenvalue weighted by Crippen LogP contribution is 2.28. The standard InChI is InChI=1S/C15H12F2N4OS/c1-7-4-3-5-11-12(7)20-15(23-11)21-14(22)10-6-9(13(16)17)18-8(2)19-10/h3-6,13H,1-2H3,(H,20,21,22). The Labute approximate surface area is 134 Å². The molecule has 23 heavy (non-hydrogen) atoms. The lowest BCUT2D eigenvalue weighted by atomic mass is 10.2. The Morgan fingerprint density at radius 1 is 1.22 bits per heavy atom. The van der Waals surface area contributed by atoms with Crippen LogP contribution in [0.4, 0.5) is 13.9 Å². The van der Waals surface area contributed by atoms with E-state index in [-0.39, 0.29) is 11.5 Å². The van der Waals surface area contributed by atoms with Gasteiger partial charge in [-0.25, -0.2) is 23.7 Å². The van der Waals surface area contributed by atoms with Gasteiger partial charge < -0.3 is 0 Å². The van der Waals surface area contributed by atoms with Crippen molar-refractivity contribution in [2.24, 2.45) is 0 Å². The van der Waals surface area contributed by atoms with Crippen LogP contribution < -0.4 is 5.32 Å². The molecule has 1 aromatic carbocycles. The van der Waals surface area contributed by atoms with Crippen LogP contribution in [0, 0.1) is 13.8 Å². The zero-order valence-corrected chi connectivity index (χ0v) is 13.1. The van der Waals surface area contributed by atoms with Crippen molar-refractivity contribution in [3.05, 3.63) is 47.0 Å². The number of hydrogen-bond donors (Lipinski definition) is 1.